The Labute approximate surface area is 103 Å². The molecular weight excluding hydrogens is 214 g/mol. The van der Waals surface area contributed by atoms with Crippen molar-refractivity contribution < 1.29 is 9.59 Å². The van der Waals surface area contributed by atoms with E-state index < -0.39 is 0 Å². The zero-order chi connectivity index (χ0) is 12.4. The zero-order valence-corrected chi connectivity index (χ0v) is 10.6. The van der Waals surface area contributed by atoms with E-state index in [2.05, 4.69) is 6.58 Å². The number of likely N-dealkylation sites (tertiary alicyclic amines) is 1. The topological polar surface area (TPSA) is 37.4 Å². The van der Waals surface area contributed by atoms with Gasteiger partial charge in [0, 0.05) is 11.6 Å². The van der Waals surface area contributed by atoms with Gasteiger partial charge >= 0.3 is 0 Å². The lowest BCUT2D eigenvalue weighted by atomic mass is 9.85. The van der Waals surface area contributed by atoms with E-state index in [1.807, 2.05) is 6.92 Å². The number of imide groups is 1. The highest BCUT2D eigenvalue weighted by atomic mass is 16.2. The molecule has 0 aromatic heterocycles. The van der Waals surface area contributed by atoms with Crippen molar-refractivity contribution in [1.29, 1.82) is 0 Å². The van der Waals surface area contributed by atoms with Crippen molar-refractivity contribution >= 4 is 11.8 Å². The fraction of sp³-hybridized carbons (Fsp3) is 0.714. The molecule has 3 nitrogen and oxygen atoms in total. The van der Waals surface area contributed by atoms with Gasteiger partial charge < -0.3 is 0 Å². The highest BCUT2D eigenvalue weighted by molar-refractivity contribution is 6.13. The lowest BCUT2D eigenvalue weighted by Gasteiger charge is -2.28. The summed E-state index contributed by atoms with van der Waals surface area (Å²) >= 11 is 0. The summed E-state index contributed by atoms with van der Waals surface area (Å²) in [6, 6.07) is 0.0392. The molecule has 0 radical (unpaired) electrons. The third-order valence-corrected chi connectivity index (χ3v) is 3.99. The molecule has 2 rings (SSSR count). The molecule has 1 aliphatic heterocycles. The molecule has 0 N–H and O–H groups in total. The smallest absolute Gasteiger partial charge is 0.256 e. The van der Waals surface area contributed by atoms with Crippen LogP contribution < -0.4 is 0 Å². The molecule has 0 unspecified atom stereocenters. The Balaban J connectivity index is 1.94. The quantitative estimate of drug-likeness (QED) is 0.557. The number of nitrogens with zero attached hydrogens (tertiary/aromatic N) is 1. The molecule has 3 heteroatoms. The first-order chi connectivity index (χ1) is 8.09. The zero-order valence-electron chi connectivity index (χ0n) is 10.6. The first kappa shape index (κ1) is 12.3. The molecule has 0 bridgehead atoms. The summed E-state index contributed by atoms with van der Waals surface area (Å²) in [7, 11) is 0. The molecule has 2 fully saturated rings. The van der Waals surface area contributed by atoms with Crippen LogP contribution in [0.4, 0.5) is 0 Å². The second-order valence-electron chi connectivity index (χ2n) is 5.44. The second kappa shape index (κ2) is 5.03. The van der Waals surface area contributed by atoms with Crippen LogP contribution in [0.3, 0.4) is 0 Å². The summed E-state index contributed by atoms with van der Waals surface area (Å²) < 4.78 is 0. The molecule has 17 heavy (non-hydrogen) atoms. The number of hydrogen-bond acceptors (Lipinski definition) is 2. The van der Waals surface area contributed by atoms with E-state index in [-0.39, 0.29) is 24.3 Å². The number of carbonyl (C=O) groups is 2. The van der Waals surface area contributed by atoms with Crippen molar-refractivity contribution in [3.8, 4) is 0 Å². The first-order valence-corrected chi connectivity index (χ1v) is 6.63. The molecule has 2 amide bonds. The van der Waals surface area contributed by atoms with Gasteiger partial charge in [-0.05, 0) is 19.3 Å². The fourth-order valence-corrected chi connectivity index (χ4v) is 3.08. The standard InChI is InChI=1S/C14H21NO2/c1-10-8-13(16)15(14(10)17)11(2)9-12-6-4-3-5-7-12/h11-12H,1,3-9H2,2H3/t11-/m0/s1. The van der Waals surface area contributed by atoms with Crippen molar-refractivity contribution in [2.24, 2.45) is 5.92 Å². The van der Waals surface area contributed by atoms with Crippen LogP contribution in [-0.2, 0) is 9.59 Å². The van der Waals surface area contributed by atoms with Crippen LogP contribution in [0, 0.1) is 5.92 Å². The number of hydrogen-bond donors (Lipinski definition) is 0. The van der Waals surface area contributed by atoms with Crippen molar-refractivity contribution in [2.45, 2.75) is 57.9 Å². The SMILES string of the molecule is C=C1CC(=O)N([C@@H](C)CC2CCCCC2)C1=O. The maximum Gasteiger partial charge on any atom is 0.256 e. The van der Waals surface area contributed by atoms with Gasteiger partial charge in [0.15, 0.2) is 0 Å². The predicted octanol–water partition coefficient (Wildman–Crippen LogP) is 2.66. The molecule has 1 heterocycles. The van der Waals surface area contributed by atoms with Crippen molar-refractivity contribution in [1.82, 2.24) is 4.90 Å². The van der Waals surface area contributed by atoms with Crippen molar-refractivity contribution in [3.63, 3.8) is 0 Å². The summed E-state index contributed by atoms with van der Waals surface area (Å²) in [4.78, 5) is 25.0. The molecule has 0 spiro atoms. The van der Waals surface area contributed by atoms with Gasteiger partial charge in [0.2, 0.25) is 5.91 Å². The van der Waals surface area contributed by atoms with Gasteiger partial charge in [-0.1, -0.05) is 38.7 Å². The molecular formula is C14H21NO2. The van der Waals surface area contributed by atoms with Crippen LogP contribution >= 0.6 is 0 Å². The highest BCUT2D eigenvalue weighted by Gasteiger charge is 2.36. The summed E-state index contributed by atoms with van der Waals surface area (Å²) in [6.07, 6.45) is 7.61. The van der Waals surface area contributed by atoms with Gasteiger partial charge in [0.05, 0.1) is 6.42 Å². The fourth-order valence-electron chi connectivity index (χ4n) is 3.08. The van der Waals surface area contributed by atoms with Gasteiger partial charge in [-0.15, -0.1) is 0 Å². The molecule has 1 saturated carbocycles. The summed E-state index contributed by atoms with van der Waals surface area (Å²) in [6.45, 7) is 5.64. The van der Waals surface area contributed by atoms with Crippen LogP contribution in [-0.4, -0.2) is 22.8 Å². The van der Waals surface area contributed by atoms with Crippen LogP contribution in [0.25, 0.3) is 0 Å². The molecule has 0 aromatic carbocycles. The minimum absolute atomic E-state index is 0.0392. The Hall–Kier alpha value is -1.12. The van der Waals surface area contributed by atoms with Gasteiger partial charge in [0.25, 0.3) is 5.91 Å². The first-order valence-electron chi connectivity index (χ1n) is 6.63. The second-order valence-corrected chi connectivity index (χ2v) is 5.44. The van der Waals surface area contributed by atoms with Gasteiger partial charge in [-0.2, -0.15) is 0 Å². The Morgan fingerprint density at radius 3 is 2.47 bits per heavy atom. The average molecular weight is 235 g/mol. The Bertz CT molecular complexity index is 342. The maximum atomic E-state index is 11.8. The summed E-state index contributed by atoms with van der Waals surface area (Å²) in [5, 5.41) is 0. The van der Waals surface area contributed by atoms with Crippen LogP contribution in [0.5, 0.6) is 0 Å². The van der Waals surface area contributed by atoms with Crippen molar-refractivity contribution in [2.75, 3.05) is 0 Å². The summed E-state index contributed by atoms with van der Waals surface area (Å²) in [5.74, 6) is 0.467. The minimum Gasteiger partial charge on any atom is -0.276 e. The molecule has 94 valence electrons. The lowest BCUT2D eigenvalue weighted by Crippen LogP contribution is -2.39. The normalized spacial score (nSPS) is 24.5. The third kappa shape index (κ3) is 2.59. The highest BCUT2D eigenvalue weighted by Crippen LogP contribution is 2.30. The van der Waals surface area contributed by atoms with E-state index in [4.69, 9.17) is 0 Å². The lowest BCUT2D eigenvalue weighted by molar-refractivity contribution is -0.140. The van der Waals surface area contributed by atoms with Crippen LogP contribution in [0.1, 0.15) is 51.9 Å². The van der Waals surface area contributed by atoms with E-state index in [9.17, 15) is 9.59 Å². The Morgan fingerprint density at radius 2 is 1.94 bits per heavy atom. The predicted molar refractivity (Wildman–Crippen MR) is 66.3 cm³/mol. The maximum absolute atomic E-state index is 11.8. The number of carbonyl (C=O) groups excluding carboxylic acids is 2. The number of rotatable bonds is 3. The average Bonchev–Trinajstić information content (AvgIpc) is 2.54. The Kier molecular flexibility index (Phi) is 3.65. The van der Waals surface area contributed by atoms with E-state index >= 15 is 0 Å². The van der Waals surface area contributed by atoms with E-state index in [1.54, 1.807) is 0 Å². The minimum atomic E-state index is -0.154. The van der Waals surface area contributed by atoms with Crippen molar-refractivity contribution in [3.05, 3.63) is 12.2 Å². The van der Waals surface area contributed by atoms with E-state index in [0.29, 0.717) is 11.5 Å². The van der Waals surface area contributed by atoms with Crippen LogP contribution in [0.2, 0.25) is 0 Å². The third-order valence-electron chi connectivity index (χ3n) is 3.99. The van der Waals surface area contributed by atoms with Gasteiger partial charge in [-0.25, -0.2) is 0 Å². The van der Waals surface area contributed by atoms with E-state index in [0.717, 1.165) is 6.42 Å². The molecule has 1 aliphatic carbocycles. The van der Waals surface area contributed by atoms with Gasteiger partial charge in [0.1, 0.15) is 0 Å². The molecule has 2 aliphatic rings. The summed E-state index contributed by atoms with van der Waals surface area (Å²) in [5.41, 5.74) is 0.450. The number of amides is 2. The molecule has 1 atom stereocenters. The van der Waals surface area contributed by atoms with Crippen LogP contribution in [0.15, 0.2) is 12.2 Å². The van der Waals surface area contributed by atoms with Gasteiger partial charge in [-0.3, -0.25) is 14.5 Å². The Morgan fingerprint density at radius 1 is 1.29 bits per heavy atom. The monoisotopic (exact) mass is 235 g/mol. The largest absolute Gasteiger partial charge is 0.276 e. The molecule has 0 aromatic rings. The molecule has 1 saturated heterocycles. The van der Waals surface area contributed by atoms with E-state index in [1.165, 1.54) is 37.0 Å².